The van der Waals surface area contributed by atoms with E-state index in [0.717, 1.165) is 5.56 Å². The molecule has 2 aromatic rings. The van der Waals surface area contributed by atoms with Gasteiger partial charge >= 0.3 is 0 Å². The number of hydrogen-bond donors (Lipinski definition) is 2. The molecule has 0 aliphatic heterocycles. The van der Waals surface area contributed by atoms with Gasteiger partial charge in [-0.2, -0.15) is 5.10 Å². The first kappa shape index (κ1) is 11.2. The number of rotatable bonds is 2. The summed E-state index contributed by atoms with van der Waals surface area (Å²) in [6.45, 7) is 1.82. The predicted molar refractivity (Wildman–Crippen MR) is 64.0 cm³/mol. The van der Waals surface area contributed by atoms with Gasteiger partial charge in [-0.15, -0.1) is 0 Å². The number of amides is 1. The zero-order valence-electron chi connectivity index (χ0n) is 9.64. The number of nitrogens with one attached hydrogen (secondary N) is 1. The van der Waals surface area contributed by atoms with Crippen molar-refractivity contribution < 1.29 is 9.90 Å². The maximum atomic E-state index is 11.8. The topological polar surface area (TPSA) is 67.2 Å². The molecule has 0 atom stereocenters. The van der Waals surface area contributed by atoms with Gasteiger partial charge in [0.15, 0.2) is 0 Å². The largest absolute Gasteiger partial charge is 0.508 e. The molecule has 5 heteroatoms. The summed E-state index contributed by atoms with van der Waals surface area (Å²) in [7, 11) is 1.75. The maximum Gasteiger partial charge on any atom is 0.258 e. The molecule has 17 heavy (non-hydrogen) atoms. The second-order valence-corrected chi connectivity index (χ2v) is 3.86. The third-order valence-corrected chi connectivity index (χ3v) is 2.43. The van der Waals surface area contributed by atoms with Gasteiger partial charge < -0.3 is 10.4 Å². The van der Waals surface area contributed by atoms with E-state index in [9.17, 15) is 9.90 Å². The molecule has 1 aromatic heterocycles. The highest BCUT2D eigenvalue weighted by Gasteiger charge is 2.09. The second-order valence-electron chi connectivity index (χ2n) is 3.86. The van der Waals surface area contributed by atoms with Gasteiger partial charge in [-0.25, -0.2) is 0 Å². The van der Waals surface area contributed by atoms with Crippen molar-refractivity contribution in [3.8, 4) is 5.75 Å². The van der Waals surface area contributed by atoms with E-state index in [1.165, 1.54) is 12.3 Å². The summed E-state index contributed by atoms with van der Waals surface area (Å²) >= 11 is 0. The number of carbonyl (C=O) groups excluding carboxylic acids is 1. The molecule has 0 fully saturated rings. The lowest BCUT2D eigenvalue weighted by Gasteiger charge is -2.07. The lowest BCUT2D eigenvalue weighted by Crippen LogP contribution is -2.11. The summed E-state index contributed by atoms with van der Waals surface area (Å²) in [4.78, 5) is 11.8. The lowest BCUT2D eigenvalue weighted by atomic mass is 10.2. The normalized spacial score (nSPS) is 10.2. The molecule has 0 radical (unpaired) electrons. The van der Waals surface area contributed by atoms with Crippen molar-refractivity contribution in [2.24, 2.45) is 7.05 Å². The Morgan fingerprint density at radius 1 is 1.47 bits per heavy atom. The summed E-state index contributed by atoms with van der Waals surface area (Å²) in [5, 5.41) is 16.0. The van der Waals surface area contributed by atoms with Gasteiger partial charge in [-0.05, 0) is 30.7 Å². The summed E-state index contributed by atoms with van der Waals surface area (Å²) in [6.07, 6.45) is 3.15. The van der Waals surface area contributed by atoms with Crippen molar-refractivity contribution in [1.82, 2.24) is 9.78 Å². The fourth-order valence-electron chi connectivity index (χ4n) is 1.52. The van der Waals surface area contributed by atoms with Gasteiger partial charge in [0.05, 0.1) is 11.8 Å². The molecule has 1 amide bonds. The van der Waals surface area contributed by atoms with Crippen LogP contribution in [0.25, 0.3) is 0 Å². The summed E-state index contributed by atoms with van der Waals surface area (Å²) in [5.41, 5.74) is 1.99. The molecule has 0 aliphatic carbocycles. The fraction of sp³-hybridized carbons (Fsp3) is 0.167. The van der Waals surface area contributed by atoms with Crippen molar-refractivity contribution in [2.45, 2.75) is 6.92 Å². The van der Waals surface area contributed by atoms with E-state index in [4.69, 9.17) is 0 Å². The highest BCUT2D eigenvalue weighted by Crippen LogP contribution is 2.20. The van der Waals surface area contributed by atoms with Crippen LogP contribution >= 0.6 is 0 Å². The summed E-state index contributed by atoms with van der Waals surface area (Å²) in [5.74, 6) is -0.0335. The first-order valence-corrected chi connectivity index (χ1v) is 5.16. The van der Waals surface area contributed by atoms with E-state index >= 15 is 0 Å². The van der Waals surface area contributed by atoms with E-state index in [1.807, 2.05) is 6.92 Å². The van der Waals surface area contributed by atoms with Gasteiger partial charge in [0.1, 0.15) is 5.75 Å². The second kappa shape index (κ2) is 4.29. The molecule has 0 bridgehead atoms. The highest BCUT2D eigenvalue weighted by atomic mass is 16.3. The van der Waals surface area contributed by atoms with Crippen LogP contribution in [-0.4, -0.2) is 20.8 Å². The molecule has 0 saturated heterocycles. The summed E-state index contributed by atoms with van der Waals surface area (Å²) in [6, 6.07) is 4.80. The van der Waals surface area contributed by atoms with Crippen LogP contribution in [0.3, 0.4) is 0 Å². The average molecular weight is 231 g/mol. The number of hydrogen-bond acceptors (Lipinski definition) is 3. The Kier molecular flexibility index (Phi) is 2.82. The molecule has 5 nitrogen and oxygen atoms in total. The van der Waals surface area contributed by atoms with Crippen molar-refractivity contribution in [3.05, 3.63) is 41.7 Å². The van der Waals surface area contributed by atoms with Gasteiger partial charge in [0, 0.05) is 18.9 Å². The van der Waals surface area contributed by atoms with Crippen molar-refractivity contribution in [2.75, 3.05) is 5.32 Å². The van der Waals surface area contributed by atoms with Crippen molar-refractivity contribution in [1.29, 1.82) is 0 Å². The van der Waals surface area contributed by atoms with Gasteiger partial charge in [0.2, 0.25) is 0 Å². The Bertz CT molecular complexity index is 561. The third-order valence-electron chi connectivity index (χ3n) is 2.43. The molecular weight excluding hydrogens is 218 g/mol. The van der Waals surface area contributed by atoms with Gasteiger partial charge in [-0.3, -0.25) is 9.48 Å². The number of aromatic hydroxyl groups is 1. The highest BCUT2D eigenvalue weighted by molar-refractivity contribution is 6.04. The minimum absolute atomic E-state index is 0.182. The van der Waals surface area contributed by atoms with Crippen LogP contribution in [0, 0.1) is 6.92 Å². The van der Waals surface area contributed by atoms with Crippen LogP contribution in [0.2, 0.25) is 0 Å². The molecule has 1 aromatic carbocycles. The molecule has 0 spiro atoms. The van der Waals surface area contributed by atoms with Crippen molar-refractivity contribution in [3.63, 3.8) is 0 Å². The molecule has 88 valence electrons. The monoisotopic (exact) mass is 231 g/mol. The Morgan fingerprint density at radius 2 is 2.24 bits per heavy atom. The number of aryl methyl sites for hydroxylation is 2. The van der Waals surface area contributed by atoms with E-state index < -0.39 is 0 Å². The number of benzene rings is 1. The van der Waals surface area contributed by atoms with Crippen LogP contribution in [0.5, 0.6) is 5.75 Å². The van der Waals surface area contributed by atoms with Crippen molar-refractivity contribution >= 4 is 11.6 Å². The SMILES string of the molecule is Cc1cc(O)ccc1NC(=O)c1cnn(C)c1. The zero-order chi connectivity index (χ0) is 12.4. The third kappa shape index (κ3) is 2.44. The standard InChI is InChI=1S/C12H13N3O2/c1-8-5-10(16)3-4-11(8)14-12(17)9-6-13-15(2)7-9/h3-7,16H,1-2H3,(H,14,17). The molecule has 0 unspecified atom stereocenters. The molecular formula is C12H13N3O2. The summed E-state index contributed by atoms with van der Waals surface area (Å²) < 4.78 is 1.57. The first-order valence-electron chi connectivity index (χ1n) is 5.16. The smallest absolute Gasteiger partial charge is 0.258 e. The van der Waals surface area contributed by atoms with Crippen LogP contribution in [-0.2, 0) is 7.05 Å². The molecule has 2 rings (SSSR count). The van der Waals surface area contributed by atoms with Crippen LogP contribution in [0.1, 0.15) is 15.9 Å². The minimum atomic E-state index is -0.216. The average Bonchev–Trinajstić information content (AvgIpc) is 2.69. The lowest BCUT2D eigenvalue weighted by molar-refractivity contribution is 0.102. The van der Waals surface area contributed by atoms with Crippen LogP contribution in [0.4, 0.5) is 5.69 Å². The Balaban J connectivity index is 2.18. The minimum Gasteiger partial charge on any atom is -0.508 e. The van der Waals surface area contributed by atoms with Gasteiger partial charge in [0.25, 0.3) is 5.91 Å². The molecule has 0 saturated carbocycles. The van der Waals surface area contributed by atoms with E-state index in [0.29, 0.717) is 11.3 Å². The molecule has 1 heterocycles. The Labute approximate surface area is 98.7 Å². The van der Waals surface area contributed by atoms with E-state index in [-0.39, 0.29) is 11.7 Å². The number of carbonyl (C=O) groups is 1. The zero-order valence-corrected chi connectivity index (χ0v) is 9.64. The Morgan fingerprint density at radius 3 is 2.82 bits per heavy atom. The first-order chi connectivity index (χ1) is 8.06. The quantitative estimate of drug-likeness (QED) is 0.773. The number of aromatic nitrogens is 2. The van der Waals surface area contributed by atoms with E-state index in [2.05, 4.69) is 10.4 Å². The van der Waals surface area contributed by atoms with Gasteiger partial charge in [-0.1, -0.05) is 0 Å². The fourth-order valence-corrected chi connectivity index (χ4v) is 1.52. The van der Waals surface area contributed by atoms with Crippen LogP contribution in [0.15, 0.2) is 30.6 Å². The van der Waals surface area contributed by atoms with E-state index in [1.54, 1.807) is 30.1 Å². The molecule has 2 N–H and O–H groups in total. The Hall–Kier alpha value is -2.30. The number of nitrogens with zero attached hydrogens (tertiary/aromatic N) is 2. The number of phenolic OH excluding ortho intramolecular Hbond substituents is 1. The predicted octanol–water partition coefficient (Wildman–Crippen LogP) is 1.69. The number of phenols is 1. The van der Waals surface area contributed by atoms with Crippen LogP contribution < -0.4 is 5.32 Å². The maximum absolute atomic E-state index is 11.8. The number of anilines is 1. The molecule has 0 aliphatic rings.